The lowest BCUT2D eigenvalue weighted by Gasteiger charge is -2.09. The van der Waals surface area contributed by atoms with E-state index >= 15 is 0 Å². The molecule has 6 heteroatoms. The molecule has 2 N–H and O–H groups in total. The third kappa shape index (κ3) is 5.88. The van der Waals surface area contributed by atoms with Gasteiger partial charge < -0.3 is 0 Å². The first kappa shape index (κ1) is 16.9. The number of carbonyl (C=O) groups is 2. The molecular weight excluding hydrogens is 292 g/mol. The lowest BCUT2D eigenvalue weighted by molar-refractivity contribution is 0.0983. The highest BCUT2D eigenvalue weighted by Gasteiger charge is 2.11. The van der Waals surface area contributed by atoms with E-state index in [9.17, 15) is 9.59 Å². The summed E-state index contributed by atoms with van der Waals surface area (Å²) in [7, 11) is 0. The van der Waals surface area contributed by atoms with Crippen LogP contribution in [0.3, 0.4) is 0 Å². The van der Waals surface area contributed by atoms with Crippen LogP contribution in [0.15, 0.2) is 24.3 Å². The minimum Gasteiger partial charge on any atom is -0.296 e. The standard InChI is InChI=1S/C14H20N2O2S2/c1-9(2)19-15-13(17)11-6-5-7-12(8-11)14(18)16-20-10(3)4/h5-10H,1-4H3,(H,15,17)(H,16,18). The van der Waals surface area contributed by atoms with Crippen LogP contribution in [0.25, 0.3) is 0 Å². The number of nitrogens with one attached hydrogen (secondary N) is 2. The predicted octanol–water partition coefficient (Wildman–Crippen LogP) is 3.26. The first-order chi connectivity index (χ1) is 9.40. The van der Waals surface area contributed by atoms with Gasteiger partial charge in [-0.2, -0.15) is 0 Å². The van der Waals surface area contributed by atoms with Crippen LogP contribution in [0.5, 0.6) is 0 Å². The fourth-order valence-electron chi connectivity index (χ4n) is 1.26. The van der Waals surface area contributed by atoms with Gasteiger partial charge in [-0.15, -0.1) is 0 Å². The Kier molecular flexibility index (Phi) is 6.95. The zero-order chi connectivity index (χ0) is 15.1. The van der Waals surface area contributed by atoms with Crippen molar-refractivity contribution in [1.82, 2.24) is 9.44 Å². The molecule has 0 heterocycles. The van der Waals surface area contributed by atoms with Gasteiger partial charge in [-0.05, 0) is 42.1 Å². The fraction of sp³-hybridized carbons (Fsp3) is 0.429. The van der Waals surface area contributed by atoms with Crippen molar-refractivity contribution in [3.8, 4) is 0 Å². The minimum absolute atomic E-state index is 0.185. The molecule has 0 saturated heterocycles. The first-order valence-electron chi connectivity index (χ1n) is 6.42. The van der Waals surface area contributed by atoms with E-state index in [1.807, 2.05) is 27.7 Å². The van der Waals surface area contributed by atoms with Crippen molar-refractivity contribution in [3.05, 3.63) is 35.4 Å². The van der Waals surface area contributed by atoms with Gasteiger partial charge in [-0.1, -0.05) is 33.8 Å². The zero-order valence-corrected chi connectivity index (χ0v) is 13.7. The van der Waals surface area contributed by atoms with Crippen molar-refractivity contribution in [1.29, 1.82) is 0 Å². The van der Waals surface area contributed by atoms with Crippen molar-refractivity contribution < 1.29 is 9.59 Å². The summed E-state index contributed by atoms with van der Waals surface area (Å²) in [6.07, 6.45) is 0. The molecule has 0 aliphatic heterocycles. The average molecular weight is 312 g/mol. The van der Waals surface area contributed by atoms with Gasteiger partial charge in [-0.3, -0.25) is 19.0 Å². The molecule has 1 aromatic carbocycles. The van der Waals surface area contributed by atoms with E-state index in [0.29, 0.717) is 21.6 Å². The van der Waals surface area contributed by atoms with Gasteiger partial charge >= 0.3 is 0 Å². The van der Waals surface area contributed by atoms with Crippen LogP contribution in [0.4, 0.5) is 0 Å². The van der Waals surface area contributed by atoms with E-state index in [1.54, 1.807) is 24.3 Å². The number of hydrogen-bond donors (Lipinski definition) is 2. The third-order valence-electron chi connectivity index (χ3n) is 2.16. The summed E-state index contributed by atoms with van der Waals surface area (Å²) in [5, 5.41) is 0.626. The molecule has 0 aliphatic carbocycles. The highest BCUT2D eigenvalue weighted by atomic mass is 32.2. The molecule has 0 aliphatic rings. The van der Waals surface area contributed by atoms with Gasteiger partial charge in [0.15, 0.2) is 0 Å². The summed E-state index contributed by atoms with van der Waals surface area (Å²) in [5.41, 5.74) is 0.973. The van der Waals surface area contributed by atoms with E-state index < -0.39 is 0 Å². The van der Waals surface area contributed by atoms with E-state index in [1.165, 1.54) is 23.9 Å². The van der Waals surface area contributed by atoms with Gasteiger partial charge in [0, 0.05) is 21.6 Å². The quantitative estimate of drug-likeness (QED) is 0.792. The van der Waals surface area contributed by atoms with Crippen molar-refractivity contribution in [2.45, 2.75) is 38.2 Å². The average Bonchev–Trinajstić information content (AvgIpc) is 2.42. The smallest absolute Gasteiger partial charge is 0.261 e. The second-order valence-electron chi connectivity index (χ2n) is 4.78. The van der Waals surface area contributed by atoms with Crippen LogP contribution in [0.2, 0.25) is 0 Å². The molecule has 1 aromatic rings. The van der Waals surface area contributed by atoms with Crippen LogP contribution >= 0.6 is 23.9 Å². The van der Waals surface area contributed by atoms with Crippen molar-refractivity contribution in [3.63, 3.8) is 0 Å². The Balaban J connectivity index is 2.70. The number of benzene rings is 1. The summed E-state index contributed by atoms with van der Waals surface area (Å²) in [4.78, 5) is 23.8. The Morgan fingerprint density at radius 1 is 0.900 bits per heavy atom. The van der Waals surface area contributed by atoms with Gasteiger partial charge in [-0.25, -0.2) is 0 Å². The van der Waals surface area contributed by atoms with E-state index in [2.05, 4.69) is 9.44 Å². The molecule has 0 saturated carbocycles. The minimum atomic E-state index is -0.185. The van der Waals surface area contributed by atoms with Crippen LogP contribution in [-0.2, 0) is 0 Å². The molecule has 2 amide bonds. The highest BCUT2D eigenvalue weighted by molar-refractivity contribution is 7.98. The summed E-state index contributed by atoms with van der Waals surface area (Å²) < 4.78 is 5.51. The van der Waals surface area contributed by atoms with Crippen molar-refractivity contribution in [2.24, 2.45) is 0 Å². The Morgan fingerprint density at radius 3 is 1.65 bits per heavy atom. The molecule has 110 valence electrons. The van der Waals surface area contributed by atoms with Gasteiger partial charge in [0.1, 0.15) is 0 Å². The lowest BCUT2D eigenvalue weighted by atomic mass is 10.1. The van der Waals surface area contributed by atoms with Gasteiger partial charge in [0.05, 0.1) is 0 Å². The normalized spacial score (nSPS) is 10.7. The summed E-state index contributed by atoms with van der Waals surface area (Å²) >= 11 is 2.72. The van der Waals surface area contributed by atoms with Crippen LogP contribution in [0.1, 0.15) is 48.4 Å². The van der Waals surface area contributed by atoms with E-state index in [0.717, 1.165) is 0 Å². The molecule has 0 unspecified atom stereocenters. The Bertz CT molecular complexity index is 437. The summed E-state index contributed by atoms with van der Waals surface area (Å²) in [6.45, 7) is 7.99. The molecule has 20 heavy (non-hydrogen) atoms. The van der Waals surface area contributed by atoms with Crippen molar-refractivity contribution >= 4 is 35.7 Å². The summed E-state index contributed by atoms with van der Waals surface area (Å²) in [5.74, 6) is -0.371. The van der Waals surface area contributed by atoms with Gasteiger partial charge in [0.25, 0.3) is 11.8 Å². The number of amides is 2. The summed E-state index contributed by atoms with van der Waals surface area (Å²) in [6, 6.07) is 6.71. The highest BCUT2D eigenvalue weighted by Crippen LogP contribution is 2.11. The number of rotatable bonds is 6. The molecule has 1 rings (SSSR count). The second-order valence-corrected chi connectivity index (χ2v) is 7.54. The molecule has 0 fully saturated rings. The molecular formula is C14H20N2O2S2. The molecule has 0 radical (unpaired) electrons. The second kappa shape index (κ2) is 8.21. The maximum absolute atomic E-state index is 11.9. The monoisotopic (exact) mass is 312 g/mol. The fourth-order valence-corrected chi connectivity index (χ4v) is 2.18. The molecule has 0 aromatic heterocycles. The maximum atomic E-state index is 11.9. The van der Waals surface area contributed by atoms with Crippen LogP contribution in [-0.4, -0.2) is 22.3 Å². The van der Waals surface area contributed by atoms with Crippen LogP contribution in [0, 0.1) is 0 Å². The Labute approximate surface area is 128 Å². The number of hydrogen-bond acceptors (Lipinski definition) is 4. The van der Waals surface area contributed by atoms with E-state index in [-0.39, 0.29) is 11.8 Å². The Hall–Kier alpha value is -1.14. The molecule has 0 atom stereocenters. The maximum Gasteiger partial charge on any atom is 0.261 e. The lowest BCUT2D eigenvalue weighted by Crippen LogP contribution is -2.21. The zero-order valence-electron chi connectivity index (χ0n) is 12.1. The largest absolute Gasteiger partial charge is 0.296 e. The topological polar surface area (TPSA) is 58.2 Å². The Morgan fingerprint density at radius 2 is 1.30 bits per heavy atom. The van der Waals surface area contributed by atoms with Crippen LogP contribution < -0.4 is 9.44 Å². The third-order valence-corrected chi connectivity index (χ3v) is 3.71. The number of carbonyl (C=O) groups excluding carboxylic acids is 2. The van der Waals surface area contributed by atoms with Gasteiger partial charge in [0.2, 0.25) is 0 Å². The predicted molar refractivity (Wildman–Crippen MR) is 86.8 cm³/mol. The first-order valence-corrected chi connectivity index (χ1v) is 8.18. The SMILES string of the molecule is CC(C)SNC(=O)c1cccc(C(=O)NSC(C)C)c1. The molecule has 0 spiro atoms. The molecule has 0 bridgehead atoms. The van der Waals surface area contributed by atoms with E-state index in [4.69, 9.17) is 0 Å². The molecule has 4 nitrogen and oxygen atoms in total. The van der Waals surface area contributed by atoms with Crippen molar-refractivity contribution in [2.75, 3.05) is 0 Å².